The van der Waals surface area contributed by atoms with Crippen molar-refractivity contribution in [2.75, 3.05) is 13.2 Å². The van der Waals surface area contributed by atoms with Crippen LogP contribution >= 0.6 is 0 Å². The monoisotopic (exact) mass is 114 g/mol. The minimum Gasteiger partial charge on any atom is -0.309 e. The van der Waals surface area contributed by atoms with Gasteiger partial charge in [0.1, 0.15) is 6.61 Å². The third kappa shape index (κ3) is 1.01. The largest absolute Gasteiger partial charge is 0.309 e. The van der Waals surface area contributed by atoms with E-state index < -0.39 is 0 Å². The van der Waals surface area contributed by atoms with E-state index in [4.69, 9.17) is 0 Å². The molecule has 0 aromatic rings. The van der Waals surface area contributed by atoms with Crippen LogP contribution in [-0.2, 0) is 5.11 Å². The summed E-state index contributed by atoms with van der Waals surface area (Å²) in [6.07, 6.45) is 2.22. The van der Waals surface area contributed by atoms with Crippen LogP contribution in [-0.4, -0.2) is 18.7 Å². The Kier molecular flexibility index (Phi) is 1.54. The predicted molar refractivity (Wildman–Crippen MR) is 31.2 cm³/mol. The molecule has 0 bridgehead atoms. The smallest absolute Gasteiger partial charge is 0.100 e. The van der Waals surface area contributed by atoms with E-state index in [1.54, 1.807) is 0 Å². The van der Waals surface area contributed by atoms with Crippen LogP contribution in [0.4, 0.5) is 0 Å². The van der Waals surface area contributed by atoms with Crippen molar-refractivity contribution in [1.82, 2.24) is 5.32 Å². The van der Waals surface area contributed by atoms with E-state index in [2.05, 4.69) is 5.32 Å². The van der Waals surface area contributed by atoms with Crippen LogP contribution in [0.5, 0.6) is 0 Å². The van der Waals surface area contributed by atoms with Crippen LogP contribution < -0.4 is 5.32 Å². The number of rotatable bonds is 1. The average Bonchev–Trinajstić information content (AvgIpc) is 2.17. The fourth-order valence-electron chi connectivity index (χ4n) is 1.08. The molecule has 1 atom stereocenters. The second kappa shape index (κ2) is 2.03. The summed E-state index contributed by atoms with van der Waals surface area (Å²) in [5.41, 5.74) is -0.0694. The highest BCUT2D eigenvalue weighted by atomic mass is 16.3. The Morgan fingerprint density at radius 2 is 2.50 bits per heavy atom. The minimum atomic E-state index is -0.0694. The summed E-state index contributed by atoms with van der Waals surface area (Å²) in [6, 6.07) is 0. The van der Waals surface area contributed by atoms with Gasteiger partial charge in [-0.15, -0.1) is 0 Å². The summed E-state index contributed by atoms with van der Waals surface area (Å²) >= 11 is 0. The third-order valence-electron chi connectivity index (χ3n) is 1.78. The molecule has 1 aliphatic rings. The van der Waals surface area contributed by atoms with Gasteiger partial charge in [-0.05, 0) is 26.3 Å². The lowest BCUT2D eigenvalue weighted by Crippen LogP contribution is -2.39. The first-order chi connectivity index (χ1) is 3.77. The molecule has 1 N–H and O–H groups in total. The molecule has 1 radical (unpaired) electrons. The van der Waals surface area contributed by atoms with Gasteiger partial charge < -0.3 is 5.32 Å². The number of hydrogen-bond donors (Lipinski definition) is 1. The van der Waals surface area contributed by atoms with Crippen molar-refractivity contribution in [2.24, 2.45) is 0 Å². The van der Waals surface area contributed by atoms with Crippen molar-refractivity contribution in [1.29, 1.82) is 0 Å². The maximum atomic E-state index is 10.4. The summed E-state index contributed by atoms with van der Waals surface area (Å²) in [5.74, 6) is 0. The molecule has 0 aromatic carbocycles. The molecule has 0 aliphatic carbocycles. The highest BCUT2D eigenvalue weighted by molar-refractivity contribution is 4.87. The molecule has 1 saturated heterocycles. The molecule has 0 unspecified atom stereocenters. The van der Waals surface area contributed by atoms with Crippen LogP contribution in [0.15, 0.2) is 0 Å². The van der Waals surface area contributed by atoms with Gasteiger partial charge in [0.05, 0.1) is 0 Å². The topological polar surface area (TPSA) is 31.9 Å². The van der Waals surface area contributed by atoms with Gasteiger partial charge in [-0.3, -0.25) is 0 Å². The van der Waals surface area contributed by atoms with Gasteiger partial charge >= 0.3 is 0 Å². The molecule has 2 heteroatoms. The van der Waals surface area contributed by atoms with E-state index in [1.807, 2.05) is 6.92 Å². The van der Waals surface area contributed by atoms with Crippen LogP contribution in [0.1, 0.15) is 19.8 Å². The lowest BCUT2D eigenvalue weighted by Gasteiger charge is -2.18. The Morgan fingerprint density at radius 3 is 2.75 bits per heavy atom. The standard InChI is InChI=1S/C6H12NO/c1-6(5-8)3-2-4-7-6/h7H,2-5H2,1H3/t6-/m0/s1. The molecule has 1 rings (SSSR count). The van der Waals surface area contributed by atoms with E-state index in [0.29, 0.717) is 0 Å². The lowest BCUT2D eigenvalue weighted by molar-refractivity contribution is 0.120. The van der Waals surface area contributed by atoms with E-state index in [0.717, 1.165) is 13.0 Å². The zero-order chi connectivity index (χ0) is 6.04. The normalized spacial score (nSPS) is 38.2. The molecule has 0 amide bonds. The average molecular weight is 114 g/mol. The molecule has 2 nitrogen and oxygen atoms in total. The molecule has 0 spiro atoms. The second-order valence-electron chi connectivity index (χ2n) is 2.74. The fourth-order valence-corrected chi connectivity index (χ4v) is 1.08. The maximum Gasteiger partial charge on any atom is 0.100 e. The fraction of sp³-hybridized carbons (Fsp3) is 1.00. The predicted octanol–water partition coefficient (Wildman–Crippen LogP) is 0.559. The Balaban J connectivity index is 2.40. The first kappa shape index (κ1) is 6.05. The van der Waals surface area contributed by atoms with Crippen LogP contribution in [0.2, 0.25) is 0 Å². The van der Waals surface area contributed by atoms with Crippen LogP contribution in [0, 0.1) is 0 Å². The van der Waals surface area contributed by atoms with Gasteiger partial charge in [-0.25, -0.2) is 5.11 Å². The zero-order valence-electron chi connectivity index (χ0n) is 5.24. The Hall–Kier alpha value is -0.0800. The molecule has 1 fully saturated rings. The number of hydrogen-bond acceptors (Lipinski definition) is 1. The van der Waals surface area contributed by atoms with E-state index in [1.165, 1.54) is 6.42 Å². The van der Waals surface area contributed by atoms with Gasteiger partial charge in [0, 0.05) is 5.54 Å². The first-order valence-corrected chi connectivity index (χ1v) is 3.10. The maximum absolute atomic E-state index is 10.4. The molecule has 47 valence electrons. The summed E-state index contributed by atoms with van der Waals surface area (Å²) in [7, 11) is 0. The molecular weight excluding hydrogens is 102 g/mol. The molecule has 0 aromatic heterocycles. The van der Waals surface area contributed by atoms with Crippen LogP contribution in [0.3, 0.4) is 0 Å². The highest BCUT2D eigenvalue weighted by Gasteiger charge is 2.26. The molecule has 1 aliphatic heterocycles. The Labute approximate surface area is 49.9 Å². The van der Waals surface area contributed by atoms with Crippen LogP contribution in [0.25, 0.3) is 0 Å². The van der Waals surface area contributed by atoms with Crippen molar-refractivity contribution < 1.29 is 5.11 Å². The van der Waals surface area contributed by atoms with E-state index in [9.17, 15) is 5.11 Å². The third-order valence-corrected chi connectivity index (χ3v) is 1.78. The van der Waals surface area contributed by atoms with E-state index in [-0.39, 0.29) is 12.1 Å². The number of nitrogens with one attached hydrogen (secondary N) is 1. The summed E-state index contributed by atoms with van der Waals surface area (Å²) < 4.78 is 0. The van der Waals surface area contributed by atoms with E-state index >= 15 is 0 Å². The Morgan fingerprint density at radius 1 is 1.75 bits per heavy atom. The lowest BCUT2D eigenvalue weighted by atomic mass is 10.0. The van der Waals surface area contributed by atoms with Crippen molar-refractivity contribution in [2.45, 2.75) is 25.3 Å². The van der Waals surface area contributed by atoms with Crippen molar-refractivity contribution in [3.05, 3.63) is 0 Å². The van der Waals surface area contributed by atoms with Gasteiger partial charge in [0.25, 0.3) is 0 Å². The minimum absolute atomic E-state index is 0.0208. The highest BCUT2D eigenvalue weighted by Crippen LogP contribution is 2.16. The molecule has 0 saturated carbocycles. The van der Waals surface area contributed by atoms with Gasteiger partial charge in [-0.2, -0.15) is 0 Å². The summed E-state index contributed by atoms with van der Waals surface area (Å²) in [5, 5.41) is 13.6. The van der Waals surface area contributed by atoms with Crippen molar-refractivity contribution >= 4 is 0 Å². The zero-order valence-corrected chi connectivity index (χ0v) is 5.24. The first-order valence-electron chi connectivity index (χ1n) is 3.10. The van der Waals surface area contributed by atoms with Crippen molar-refractivity contribution in [3.8, 4) is 0 Å². The van der Waals surface area contributed by atoms with Gasteiger partial charge in [0.2, 0.25) is 0 Å². The van der Waals surface area contributed by atoms with Crippen molar-refractivity contribution in [3.63, 3.8) is 0 Å². The van der Waals surface area contributed by atoms with Gasteiger partial charge in [-0.1, -0.05) is 0 Å². The quantitative estimate of drug-likeness (QED) is 0.530. The Bertz CT molecular complexity index is 76.6. The summed E-state index contributed by atoms with van der Waals surface area (Å²) in [4.78, 5) is 0. The SMILES string of the molecule is C[C@@]1(C[O])CCCN1. The molecular formula is C6H12NO. The molecule has 1 heterocycles. The second-order valence-corrected chi connectivity index (χ2v) is 2.74. The molecule has 8 heavy (non-hydrogen) atoms. The summed E-state index contributed by atoms with van der Waals surface area (Å²) in [6.45, 7) is 3.04. The van der Waals surface area contributed by atoms with Gasteiger partial charge in [0.15, 0.2) is 0 Å².